The summed E-state index contributed by atoms with van der Waals surface area (Å²) in [5.74, 6) is 0. The fraction of sp³-hybridized carbons (Fsp3) is 0.625. The fourth-order valence-electron chi connectivity index (χ4n) is 1.74. The van der Waals surface area contributed by atoms with E-state index in [1.807, 2.05) is 18.2 Å². The van der Waals surface area contributed by atoms with Gasteiger partial charge in [0.1, 0.15) is 0 Å². The summed E-state index contributed by atoms with van der Waals surface area (Å²) >= 11 is 0. The lowest BCUT2D eigenvalue weighted by Crippen LogP contribution is -2.08. The van der Waals surface area contributed by atoms with E-state index in [1.54, 1.807) is 0 Å². The zero-order valence-electron chi connectivity index (χ0n) is 12.1. The van der Waals surface area contributed by atoms with Gasteiger partial charge in [-0.25, -0.2) is 0 Å². The Kier molecular flexibility index (Phi) is 11.2. The van der Waals surface area contributed by atoms with E-state index in [-0.39, 0.29) is 6.61 Å². The molecule has 0 saturated carbocycles. The van der Waals surface area contributed by atoms with E-state index in [0.717, 1.165) is 32.5 Å². The van der Waals surface area contributed by atoms with Gasteiger partial charge in [0.2, 0.25) is 0 Å². The van der Waals surface area contributed by atoms with Crippen LogP contribution in [0, 0.1) is 0 Å². The minimum atomic E-state index is 0.0724. The maximum Gasteiger partial charge on any atom is 0.0716 e. The molecule has 0 aliphatic rings. The number of aliphatic hydroxyl groups excluding tert-OH is 1. The van der Waals surface area contributed by atoms with Crippen LogP contribution in [-0.2, 0) is 20.8 Å². The van der Waals surface area contributed by atoms with Crippen LogP contribution >= 0.6 is 0 Å². The van der Waals surface area contributed by atoms with Gasteiger partial charge in [0, 0.05) is 13.2 Å². The van der Waals surface area contributed by atoms with E-state index in [2.05, 4.69) is 12.1 Å². The van der Waals surface area contributed by atoms with Crippen LogP contribution in [-0.4, -0.2) is 44.7 Å². The molecule has 1 rings (SSSR count). The molecule has 0 radical (unpaired) electrons. The van der Waals surface area contributed by atoms with E-state index in [4.69, 9.17) is 19.3 Å². The predicted molar refractivity (Wildman–Crippen MR) is 78.7 cm³/mol. The summed E-state index contributed by atoms with van der Waals surface area (Å²) in [6.45, 7) is 3.88. The third kappa shape index (κ3) is 9.92. The minimum absolute atomic E-state index is 0.0724. The molecule has 0 bridgehead atoms. The minimum Gasteiger partial charge on any atom is -0.394 e. The Bertz CT molecular complexity index is 303. The van der Waals surface area contributed by atoms with Crippen molar-refractivity contribution in [3.63, 3.8) is 0 Å². The molecular formula is C16H26O4. The topological polar surface area (TPSA) is 47.9 Å². The molecule has 0 unspecified atom stereocenters. The molecule has 4 nitrogen and oxygen atoms in total. The SMILES string of the molecule is OCCOCCOCCCCCOCc1ccccc1. The Labute approximate surface area is 121 Å². The maximum absolute atomic E-state index is 8.50. The van der Waals surface area contributed by atoms with Gasteiger partial charge in [-0.2, -0.15) is 0 Å². The molecular weight excluding hydrogens is 256 g/mol. The Morgan fingerprint density at radius 1 is 0.700 bits per heavy atom. The van der Waals surface area contributed by atoms with Gasteiger partial charge in [0.05, 0.1) is 33.0 Å². The van der Waals surface area contributed by atoms with Crippen LogP contribution in [0.5, 0.6) is 0 Å². The first-order chi connectivity index (χ1) is 9.93. The smallest absolute Gasteiger partial charge is 0.0716 e. The Morgan fingerprint density at radius 3 is 2.05 bits per heavy atom. The van der Waals surface area contributed by atoms with Crippen LogP contribution in [0.15, 0.2) is 30.3 Å². The summed E-state index contributed by atoms with van der Waals surface area (Å²) in [5.41, 5.74) is 1.22. The average molecular weight is 282 g/mol. The van der Waals surface area contributed by atoms with Gasteiger partial charge in [-0.3, -0.25) is 0 Å². The van der Waals surface area contributed by atoms with Crippen LogP contribution in [0.2, 0.25) is 0 Å². The Balaban J connectivity index is 1.77. The second-order valence-corrected chi connectivity index (χ2v) is 4.55. The summed E-state index contributed by atoms with van der Waals surface area (Å²) < 4.78 is 16.1. The van der Waals surface area contributed by atoms with E-state index in [9.17, 15) is 0 Å². The number of ether oxygens (including phenoxy) is 3. The first-order valence-corrected chi connectivity index (χ1v) is 7.31. The number of unbranched alkanes of at least 4 members (excludes halogenated alkanes) is 2. The van der Waals surface area contributed by atoms with E-state index in [1.165, 1.54) is 5.56 Å². The molecule has 0 spiro atoms. The van der Waals surface area contributed by atoms with Gasteiger partial charge < -0.3 is 19.3 Å². The summed E-state index contributed by atoms with van der Waals surface area (Å²) in [5, 5.41) is 8.50. The van der Waals surface area contributed by atoms with Gasteiger partial charge in [-0.1, -0.05) is 30.3 Å². The van der Waals surface area contributed by atoms with Crippen LogP contribution < -0.4 is 0 Å². The average Bonchev–Trinajstić information content (AvgIpc) is 2.49. The highest BCUT2D eigenvalue weighted by Crippen LogP contribution is 2.02. The van der Waals surface area contributed by atoms with Crippen molar-refractivity contribution in [1.29, 1.82) is 0 Å². The van der Waals surface area contributed by atoms with Crippen LogP contribution in [0.1, 0.15) is 24.8 Å². The molecule has 0 aliphatic carbocycles. The van der Waals surface area contributed by atoms with Crippen molar-refractivity contribution in [1.82, 2.24) is 0 Å². The number of benzene rings is 1. The van der Waals surface area contributed by atoms with Crippen LogP contribution in [0.25, 0.3) is 0 Å². The van der Waals surface area contributed by atoms with Gasteiger partial charge in [-0.15, -0.1) is 0 Å². The molecule has 0 amide bonds. The molecule has 4 heteroatoms. The van der Waals surface area contributed by atoms with Crippen molar-refractivity contribution < 1.29 is 19.3 Å². The number of rotatable bonds is 13. The normalized spacial score (nSPS) is 10.8. The largest absolute Gasteiger partial charge is 0.394 e. The lowest BCUT2D eigenvalue weighted by Gasteiger charge is -2.06. The molecule has 1 N–H and O–H groups in total. The third-order valence-corrected chi connectivity index (χ3v) is 2.80. The molecule has 0 atom stereocenters. The highest BCUT2D eigenvalue weighted by atomic mass is 16.5. The summed E-state index contributed by atoms with van der Waals surface area (Å²) in [6, 6.07) is 10.2. The van der Waals surface area contributed by atoms with Crippen molar-refractivity contribution in [3.8, 4) is 0 Å². The molecule has 1 aromatic rings. The van der Waals surface area contributed by atoms with E-state index < -0.39 is 0 Å². The van der Waals surface area contributed by atoms with Crippen LogP contribution in [0.3, 0.4) is 0 Å². The molecule has 0 fully saturated rings. The molecule has 0 aromatic heterocycles. The lowest BCUT2D eigenvalue weighted by atomic mass is 10.2. The summed E-state index contributed by atoms with van der Waals surface area (Å²) in [7, 11) is 0. The molecule has 114 valence electrons. The number of hydrogen-bond donors (Lipinski definition) is 1. The zero-order valence-corrected chi connectivity index (χ0v) is 12.1. The van der Waals surface area contributed by atoms with Crippen molar-refractivity contribution >= 4 is 0 Å². The Hall–Kier alpha value is -0.940. The molecule has 20 heavy (non-hydrogen) atoms. The quantitative estimate of drug-likeness (QED) is 0.564. The van der Waals surface area contributed by atoms with E-state index >= 15 is 0 Å². The standard InChI is InChI=1S/C16H26O4/c17-9-12-19-14-13-18-10-5-2-6-11-20-15-16-7-3-1-4-8-16/h1,3-4,7-8,17H,2,5-6,9-15H2. The summed E-state index contributed by atoms with van der Waals surface area (Å²) in [4.78, 5) is 0. The zero-order chi connectivity index (χ0) is 14.3. The van der Waals surface area contributed by atoms with Crippen molar-refractivity contribution in [2.45, 2.75) is 25.9 Å². The van der Waals surface area contributed by atoms with Crippen LogP contribution in [0.4, 0.5) is 0 Å². The highest BCUT2D eigenvalue weighted by Gasteiger charge is 1.94. The van der Waals surface area contributed by atoms with Crippen molar-refractivity contribution in [2.24, 2.45) is 0 Å². The maximum atomic E-state index is 8.50. The number of hydrogen-bond acceptors (Lipinski definition) is 4. The number of aliphatic hydroxyl groups is 1. The van der Waals surface area contributed by atoms with Gasteiger partial charge >= 0.3 is 0 Å². The van der Waals surface area contributed by atoms with Gasteiger partial charge in [0.15, 0.2) is 0 Å². The molecule has 1 aromatic carbocycles. The third-order valence-electron chi connectivity index (χ3n) is 2.80. The first-order valence-electron chi connectivity index (χ1n) is 7.31. The van der Waals surface area contributed by atoms with E-state index in [0.29, 0.717) is 26.4 Å². The Morgan fingerprint density at radius 2 is 1.35 bits per heavy atom. The monoisotopic (exact) mass is 282 g/mol. The fourth-order valence-corrected chi connectivity index (χ4v) is 1.74. The van der Waals surface area contributed by atoms with Gasteiger partial charge in [0.25, 0.3) is 0 Å². The summed E-state index contributed by atoms with van der Waals surface area (Å²) in [6.07, 6.45) is 3.23. The lowest BCUT2D eigenvalue weighted by molar-refractivity contribution is 0.0314. The predicted octanol–water partition coefficient (Wildman–Crippen LogP) is 2.40. The first kappa shape index (κ1) is 17.1. The second-order valence-electron chi connectivity index (χ2n) is 4.55. The van der Waals surface area contributed by atoms with Gasteiger partial charge in [-0.05, 0) is 24.8 Å². The molecule has 0 saturated heterocycles. The highest BCUT2D eigenvalue weighted by molar-refractivity contribution is 5.13. The molecule has 0 heterocycles. The van der Waals surface area contributed by atoms with Crippen molar-refractivity contribution in [2.75, 3.05) is 39.6 Å². The van der Waals surface area contributed by atoms with Crippen molar-refractivity contribution in [3.05, 3.63) is 35.9 Å². The molecule has 0 aliphatic heterocycles. The second kappa shape index (κ2) is 13.1.